The molecule has 0 heterocycles. The van der Waals surface area contributed by atoms with E-state index in [2.05, 4.69) is 10.0 Å². The Hall–Kier alpha value is -2.38. The van der Waals surface area contributed by atoms with Gasteiger partial charge in [-0.3, -0.25) is 4.79 Å². The van der Waals surface area contributed by atoms with Crippen LogP contribution < -0.4 is 14.8 Å². The fraction of sp³-hybridized carbons (Fsp3) is 0.316. The lowest BCUT2D eigenvalue weighted by atomic mass is 10.0. The smallest absolute Gasteiger partial charge is 0.241 e. The molecule has 6 nitrogen and oxygen atoms in total. The van der Waals surface area contributed by atoms with E-state index in [1.807, 2.05) is 38.1 Å². The van der Waals surface area contributed by atoms with Crippen molar-refractivity contribution in [1.82, 2.24) is 4.72 Å². The lowest BCUT2D eigenvalue weighted by Gasteiger charge is -2.18. The van der Waals surface area contributed by atoms with Crippen molar-refractivity contribution in [2.24, 2.45) is 0 Å². The van der Waals surface area contributed by atoms with Gasteiger partial charge in [-0.15, -0.1) is 0 Å². The molecule has 0 saturated heterocycles. The number of nitrogens with one attached hydrogen (secondary N) is 2. The van der Waals surface area contributed by atoms with Crippen LogP contribution in [0.15, 0.2) is 47.4 Å². The first-order valence-electron chi connectivity index (χ1n) is 8.31. The van der Waals surface area contributed by atoms with Crippen LogP contribution in [-0.4, -0.2) is 21.4 Å². The van der Waals surface area contributed by atoms with E-state index in [0.717, 1.165) is 11.1 Å². The van der Waals surface area contributed by atoms with Crippen molar-refractivity contribution in [2.75, 3.05) is 12.4 Å². The van der Waals surface area contributed by atoms with Gasteiger partial charge in [-0.25, -0.2) is 13.1 Å². The van der Waals surface area contributed by atoms with E-state index in [9.17, 15) is 13.2 Å². The molecule has 0 aliphatic carbocycles. The van der Waals surface area contributed by atoms with Gasteiger partial charge in [0.05, 0.1) is 17.7 Å². The molecule has 2 N–H and O–H groups in total. The Labute approximate surface area is 154 Å². The van der Waals surface area contributed by atoms with Crippen LogP contribution in [0, 0.1) is 6.92 Å². The maximum absolute atomic E-state index is 12.8. The number of ether oxygens (including phenoxy) is 1. The Balaban J connectivity index is 2.33. The molecule has 0 aliphatic heterocycles. The number of anilines is 1. The van der Waals surface area contributed by atoms with Crippen LogP contribution in [0.5, 0.6) is 5.75 Å². The van der Waals surface area contributed by atoms with E-state index >= 15 is 0 Å². The number of sulfonamides is 1. The average Bonchev–Trinajstić information content (AvgIpc) is 2.60. The van der Waals surface area contributed by atoms with Gasteiger partial charge >= 0.3 is 0 Å². The summed E-state index contributed by atoms with van der Waals surface area (Å²) in [4.78, 5) is 11.4. The monoisotopic (exact) mass is 376 g/mol. The second-order valence-corrected chi connectivity index (χ2v) is 7.75. The van der Waals surface area contributed by atoms with Crippen molar-refractivity contribution in [2.45, 2.75) is 38.1 Å². The SMILES string of the molecule is CC[C@H](NS(=O)(=O)c1ccc(OC)c(NC(C)=O)c1)c1ccc(C)cc1. The second-order valence-electron chi connectivity index (χ2n) is 6.04. The molecule has 0 bridgehead atoms. The molecule has 0 unspecified atom stereocenters. The highest BCUT2D eigenvalue weighted by Crippen LogP contribution is 2.28. The Morgan fingerprint density at radius 1 is 1.15 bits per heavy atom. The van der Waals surface area contributed by atoms with E-state index in [0.29, 0.717) is 17.9 Å². The van der Waals surface area contributed by atoms with E-state index in [1.54, 1.807) is 0 Å². The molecule has 0 spiro atoms. The third-order valence-electron chi connectivity index (χ3n) is 3.98. The Morgan fingerprint density at radius 3 is 2.35 bits per heavy atom. The summed E-state index contributed by atoms with van der Waals surface area (Å²) >= 11 is 0. The number of hydrogen-bond donors (Lipinski definition) is 2. The fourth-order valence-electron chi connectivity index (χ4n) is 2.58. The molecule has 26 heavy (non-hydrogen) atoms. The topological polar surface area (TPSA) is 84.5 Å². The molecule has 1 amide bonds. The maximum atomic E-state index is 12.8. The number of carbonyl (C=O) groups is 1. The Kier molecular flexibility index (Phi) is 6.39. The summed E-state index contributed by atoms with van der Waals surface area (Å²) < 4.78 is 33.5. The van der Waals surface area contributed by atoms with Gasteiger partial charge in [-0.2, -0.15) is 0 Å². The van der Waals surface area contributed by atoms with Gasteiger partial charge in [0, 0.05) is 13.0 Å². The summed E-state index contributed by atoms with van der Waals surface area (Å²) in [6.07, 6.45) is 0.608. The summed E-state index contributed by atoms with van der Waals surface area (Å²) in [5.74, 6) is 0.0848. The zero-order valence-electron chi connectivity index (χ0n) is 15.4. The Bertz CT molecular complexity index is 877. The van der Waals surface area contributed by atoms with E-state index in [1.165, 1.54) is 32.2 Å². The van der Waals surface area contributed by atoms with Gasteiger partial charge in [0.1, 0.15) is 5.75 Å². The van der Waals surface area contributed by atoms with Crippen LogP contribution >= 0.6 is 0 Å². The third-order valence-corrected chi connectivity index (χ3v) is 5.45. The molecule has 2 aromatic carbocycles. The minimum absolute atomic E-state index is 0.0626. The second kappa shape index (κ2) is 8.33. The number of benzene rings is 2. The highest BCUT2D eigenvalue weighted by molar-refractivity contribution is 7.89. The molecule has 0 saturated carbocycles. The number of hydrogen-bond acceptors (Lipinski definition) is 4. The average molecular weight is 376 g/mol. The molecule has 2 rings (SSSR count). The van der Waals surface area contributed by atoms with E-state index < -0.39 is 10.0 Å². The third kappa shape index (κ3) is 4.83. The van der Waals surface area contributed by atoms with Crippen molar-refractivity contribution < 1.29 is 17.9 Å². The number of carbonyl (C=O) groups excluding carboxylic acids is 1. The molecular weight excluding hydrogens is 352 g/mol. The molecule has 1 atom stereocenters. The zero-order chi connectivity index (χ0) is 19.3. The maximum Gasteiger partial charge on any atom is 0.241 e. The summed E-state index contributed by atoms with van der Waals surface area (Å²) in [5, 5.41) is 2.59. The van der Waals surface area contributed by atoms with Crippen molar-refractivity contribution >= 4 is 21.6 Å². The number of amides is 1. The van der Waals surface area contributed by atoms with Crippen molar-refractivity contribution in [3.05, 3.63) is 53.6 Å². The van der Waals surface area contributed by atoms with Crippen LogP contribution in [0.1, 0.15) is 37.4 Å². The van der Waals surface area contributed by atoms with Crippen LogP contribution in [0.2, 0.25) is 0 Å². The normalized spacial score (nSPS) is 12.5. The standard InChI is InChI=1S/C19H24N2O4S/c1-5-17(15-8-6-13(2)7-9-15)21-26(23,24)16-10-11-19(25-4)18(12-16)20-14(3)22/h6-12,17,21H,5H2,1-4H3,(H,20,22)/t17-/m0/s1. The predicted octanol–water partition coefficient (Wildman–Crippen LogP) is 3.39. The fourth-order valence-corrected chi connectivity index (χ4v) is 3.92. The van der Waals surface area contributed by atoms with Crippen LogP contribution in [-0.2, 0) is 14.8 Å². The lowest BCUT2D eigenvalue weighted by Crippen LogP contribution is -2.28. The first kappa shape index (κ1) is 19.9. The van der Waals surface area contributed by atoms with Gasteiger partial charge < -0.3 is 10.1 Å². The zero-order valence-corrected chi connectivity index (χ0v) is 16.2. The number of rotatable bonds is 7. The van der Waals surface area contributed by atoms with Crippen LogP contribution in [0.4, 0.5) is 5.69 Å². The largest absolute Gasteiger partial charge is 0.495 e. The van der Waals surface area contributed by atoms with Gasteiger partial charge in [-0.1, -0.05) is 36.8 Å². The summed E-state index contributed by atoms with van der Waals surface area (Å²) in [6.45, 7) is 5.25. The molecule has 0 radical (unpaired) electrons. The first-order chi connectivity index (χ1) is 12.3. The molecule has 0 aliphatic rings. The van der Waals surface area contributed by atoms with Gasteiger partial charge in [0.2, 0.25) is 15.9 Å². The van der Waals surface area contributed by atoms with E-state index in [4.69, 9.17) is 4.74 Å². The van der Waals surface area contributed by atoms with Crippen molar-refractivity contribution in [1.29, 1.82) is 0 Å². The highest BCUT2D eigenvalue weighted by Gasteiger charge is 2.22. The predicted molar refractivity (Wildman–Crippen MR) is 102 cm³/mol. The van der Waals surface area contributed by atoms with Gasteiger partial charge in [0.25, 0.3) is 0 Å². The number of aryl methyl sites for hydroxylation is 1. The summed E-state index contributed by atoms with van der Waals surface area (Å²) in [5.41, 5.74) is 2.32. The summed E-state index contributed by atoms with van der Waals surface area (Å²) in [7, 11) is -2.31. The Morgan fingerprint density at radius 2 is 1.81 bits per heavy atom. The molecule has 7 heteroatoms. The molecule has 2 aromatic rings. The van der Waals surface area contributed by atoms with Crippen molar-refractivity contribution in [3.63, 3.8) is 0 Å². The summed E-state index contributed by atoms with van der Waals surface area (Å²) in [6, 6.07) is 11.8. The van der Waals surface area contributed by atoms with Gasteiger partial charge in [0.15, 0.2) is 0 Å². The molecule has 0 fully saturated rings. The quantitative estimate of drug-likeness (QED) is 0.776. The molecular formula is C19H24N2O4S. The van der Waals surface area contributed by atoms with Crippen molar-refractivity contribution in [3.8, 4) is 5.75 Å². The first-order valence-corrected chi connectivity index (χ1v) is 9.79. The van der Waals surface area contributed by atoms with Crippen LogP contribution in [0.3, 0.4) is 0 Å². The van der Waals surface area contributed by atoms with E-state index in [-0.39, 0.29) is 16.8 Å². The molecule has 0 aromatic heterocycles. The minimum atomic E-state index is -3.77. The molecule has 140 valence electrons. The minimum Gasteiger partial charge on any atom is -0.495 e. The highest BCUT2D eigenvalue weighted by atomic mass is 32.2. The lowest BCUT2D eigenvalue weighted by molar-refractivity contribution is -0.114. The van der Waals surface area contributed by atoms with Crippen LogP contribution in [0.25, 0.3) is 0 Å². The number of methoxy groups -OCH3 is 1. The van der Waals surface area contributed by atoms with Gasteiger partial charge in [-0.05, 0) is 37.1 Å².